The van der Waals surface area contributed by atoms with Gasteiger partial charge in [-0.1, -0.05) is 24.3 Å². The predicted molar refractivity (Wildman–Crippen MR) is 124 cm³/mol. The summed E-state index contributed by atoms with van der Waals surface area (Å²) in [6, 6.07) is 14.5. The number of nitrogens with one attached hydrogen (secondary N) is 1. The fraction of sp³-hybridized carbons (Fsp3) is 0.360. The normalized spacial score (nSPS) is 13.8. The molecule has 0 aromatic heterocycles. The minimum absolute atomic E-state index is 0.0111. The number of nitrogens with zero attached hydrogens (tertiary/aromatic N) is 1. The molecule has 2 amide bonds. The minimum Gasteiger partial charge on any atom is -0.494 e. The monoisotopic (exact) mass is 438 g/mol. The highest BCUT2D eigenvalue weighted by atomic mass is 16.5. The molecule has 0 saturated heterocycles. The average Bonchev–Trinajstić information content (AvgIpc) is 3.00. The van der Waals surface area contributed by atoms with Crippen LogP contribution in [0.4, 0.5) is 5.69 Å². The van der Waals surface area contributed by atoms with Gasteiger partial charge in [-0.25, -0.2) is 0 Å². The highest BCUT2D eigenvalue weighted by Crippen LogP contribution is 2.33. The maximum absolute atomic E-state index is 13.3. The Bertz CT molecular complexity index is 982. The lowest BCUT2D eigenvalue weighted by Crippen LogP contribution is -2.35. The molecular formula is C25H30N2O5. The van der Waals surface area contributed by atoms with Crippen molar-refractivity contribution in [2.45, 2.75) is 33.8 Å². The largest absolute Gasteiger partial charge is 0.494 e. The van der Waals surface area contributed by atoms with Crippen LogP contribution in [-0.2, 0) is 14.3 Å². The number of carbonyl (C=O) groups excluding carboxylic acids is 2. The zero-order valence-corrected chi connectivity index (χ0v) is 19.0. The number of amides is 2. The molecule has 0 fully saturated rings. The molecule has 1 N–H and O–H groups in total. The fourth-order valence-corrected chi connectivity index (χ4v) is 3.41. The third-order valence-corrected chi connectivity index (χ3v) is 4.83. The van der Waals surface area contributed by atoms with Gasteiger partial charge in [0, 0.05) is 0 Å². The summed E-state index contributed by atoms with van der Waals surface area (Å²) in [6.07, 6.45) is 0.0111. The third-order valence-electron chi connectivity index (χ3n) is 4.83. The van der Waals surface area contributed by atoms with Gasteiger partial charge in [-0.3, -0.25) is 14.5 Å². The minimum atomic E-state index is -0.391. The van der Waals surface area contributed by atoms with E-state index in [2.05, 4.69) is 5.32 Å². The summed E-state index contributed by atoms with van der Waals surface area (Å²) in [5.41, 5.74) is 1.79. The molecule has 7 heteroatoms. The molecule has 2 aromatic carbocycles. The molecule has 1 aliphatic heterocycles. The van der Waals surface area contributed by atoms with Gasteiger partial charge in [-0.15, -0.1) is 0 Å². The molecule has 0 radical (unpaired) electrons. The van der Waals surface area contributed by atoms with Gasteiger partial charge < -0.3 is 19.5 Å². The highest BCUT2D eigenvalue weighted by molar-refractivity contribution is 6.36. The molecule has 32 heavy (non-hydrogen) atoms. The number of ether oxygens (including phenoxy) is 3. The molecule has 0 saturated carbocycles. The fourth-order valence-electron chi connectivity index (χ4n) is 3.41. The second-order valence-electron chi connectivity index (χ2n) is 7.44. The van der Waals surface area contributed by atoms with E-state index in [9.17, 15) is 9.59 Å². The summed E-state index contributed by atoms with van der Waals surface area (Å²) in [7, 11) is 0. The number of imide groups is 1. The summed E-state index contributed by atoms with van der Waals surface area (Å²) in [5, 5.41) is 3.16. The van der Waals surface area contributed by atoms with Crippen LogP contribution in [0.25, 0.3) is 5.57 Å². The van der Waals surface area contributed by atoms with Crippen LogP contribution in [-0.4, -0.2) is 49.2 Å². The molecule has 0 unspecified atom stereocenters. The predicted octanol–water partition coefficient (Wildman–Crippen LogP) is 4.10. The van der Waals surface area contributed by atoms with E-state index in [1.165, 1.54) is 4.90 Å². The van der Waals surface area contributed by atoms with Gasteiger partial charge in [0.2, 0.25) is 0 Å². The maximum atomic E-state index is 13.3. The number of carbonyl (C=O) groups is 2. The molecule has 0 aliphatic carbocycles. The zero-order chi connectivity index (χ0) is 23.1. The Morgan fingerprint density at radius 3 is 2.25 bits per heavy atom. The van der Waals surface area contributed by atoms with Crippen molar-refractivity contribution in [2.75, 3.05) is 31.7 Å². The number of para-hydroxylation sites is 2. The SMILES string of the molecule is CCOc1ccc(C2=C(Nc3ccccc3OCC)C(=O)N(CCOC(C)C)C2=O)cc1. The lowest BCUT2D eigenvalue weighted by Gasteiger charge is -2.17. The summed E-state index contributed by atoms with van der Waals surface area (Å²) in [4.78, 5) is 27.8. The van der Waals surface area contributed by atoms with Gasteiger partial charge in [0.25, 0.3) is 11.8 Å². The van der Waals surface area contributed by atoms with Gasteiger partial charge in [0.1, 0.15) is 17.2 Å². The third kappa shape index (κ3) is 5.29. The number of benzene rings is 2. The zero-order valence-electron chi connectivity index (χ0n) is 19.0. The first kappa shape index (κ1) is 23.3. The van der Waals surface area contributed by atoms with Crippen LogP contribution in [0.3, 0.4) is 0 Å². The van der Waals surface area contributed by atoms with Crippen molar-refractivity contribution < 1.29 is 23.8 Å². The molecular weight excluding hydrogens is 408 g/mol. The molecule has 0 spiro atoms. The number of rotatable bonds is 11. The smallest absolute Gasteiger partial charge is 0.278 e. The van der Waals surface area contributed by atoms with Crippen LogP contribution in [0, 0.1) is 0 Å². The summed E-state index contributed by atoms with van der Waals surface area (Å²) in [6.45, 7) is 9.10. The average molecular weight is 439 g/mol. The van der Waals surface area contributed by atoms with Crippen LogP contribution < -0.4 is 14.8 Å². The second kappa shape index (κ2) is 10.8. The number of hydrogen-bond donors (Lipinski definition) is 1. The Balaban J connectivity index is 1.98. The maximum Gasteiger partial charge on any atom is 0.278 e. The van der Waals surface area contributed by atoms with E-state index in [0.29, 0.717) is 41.5 Å². The lowest BCUT2D eigenvalue weighted by molar-refractivity contribution is -0.137. The first-order valence-electron chi connectivity index (χ1n) is 10.9. The van der Waals surface area contributed by atoms with Crippen molar-refractivity contribution in [2.24, 2.45) is 0 Å². The first-order valence-corrected chi connectivity index (χ1v) is 10.9. The highest BCUT2D eigenvalue weighted by Gasteiger charge is 2.39. The Kier molecular flexibility index (Phi) is 7.89. The van der Waals surface area contributed by atoms with Crippen LogP contribution in [0.15, 0.2) is 54.2 Å². The van der Waals surface area contributed by atoms with E-state index in [-0.39, 0.29) is 30.9 Å². The van der Waals surface area contributed by atoms with Crippen LogP contribution in [0.2, 0.25) is 0 Å². The number of anilines is 1. The van der Waals surface area contributed by atoms with E-state index in [1.807, 2.05) is 52.0 Å². The summed E-state index contributed by atoms with van der Waals surface area (Å²) in [5.74, 6) is 0.558. The van der Waals surface area contributed by atoms with Gasteiger partial charge >= 0.3 is 0 Å². The number of hydrogen-bond acceptors (Lipinski definition) is 6. The van der Waals surface area contributed by atoms with Crippen molar-refractivity contribution in [3.05, 3.63) is 59.8 Å². The van der Waals surface area contributed by atoms with Gasteiger partial charge in [0.15, 0.2) is 0 Å². The van der Waals surface area contributed by atoms with Crippen LogP contribution in [0.5, 0.6) is 11.5 Å². The molecule has 2 aromatic rings. The van der Waals surface area contributed by atoms with E-state index in [1.54, 1.807) is 24.3 Å². The van der Waals surface area contributed by atoms with E-state index in [0.717, 1.165) is 0 Å². The van der Waals surface area contributed by atoms with Crippen LogP contribution in [0.1, 0.15) is 33.3 Å². The van der Waals surface area contributed by atoms with Crippen molar-refractivity contribution in [1.29, 1.82) is 0 Å². The quantitative estimate of drug-likeness (QED) is 0.532. The van der Waals surface area contributed by atoms with E-state index in [4.69, 9.17) is 14.2 Å². The van der Waals surface area contributed by atoms with Gasteiger partial charge in [-0.2, -0.15) is 0 Å². The van der Waals surface area contributed by atoms with Crippen molar-refractivity contribution in [1.82, 2.24) is 4.90 Å². The molecule has 7 nitrogen and oxygen atoms in total. The standard InChI is InChI=1S/C25H30N2O5/c1-5-30-19-13-11-18(12-14-19)22-23(26-20-9-7-8-10-21(20)31-6-2)25(29)27(24(22)28)15-16-32-17(3)4/h7-14,17,26H,5-6,15-16H2,1-4H3. The Hall–Kier alpha value is -3.32. The van der Waals surface area contributed by atoms with E-state index < -0.39 is 5.91 Å². The summed E-state index contributed by atoms with van der Waals surface area (Å²) < 4.78 is 16.8. The lowest BCUT2D eigenvalue weighted by atomic mass is 10.0. The Morgan fingerprint density at radius 2 is 1.59 bits per heavy atom. The van der Waals surface area contributed by atoms with Gasteiger partial charge in [-0.05, 0) is 57.5 Å². The topological polar surface area (TPSA) is 77.1 Å². The Labute approximate surface area is 189 Å². The van der Waals surface area contributed by atoms with Crippen molar-refractivity contribution in [3.8, 4) is 11.5 Å². The second-order valence-corrected chi connectivity index (χ2v) is 7.44. The van der Waals surface area contributed by atoms with Crippen molar-refractivity contribution in [3.63, 3.8) is 0 Å². The molecule has 0 bridgehead atoms. The molecule has 1 aliphatic rings. The van der Waals surface area contributed by atoms with Crippen molar-refractivity contribution >= 4 is 23.1 Å². The van der Waals surface area contributed by atoms with E-state index >= 15 is 0 Å². The molecule has 3 rings (SSSR count). The summed E-state index contributed by atoms with van der Waals surface area (Å²) >= 11 is 0. The molecule has 1 heterocycles. The first-order chi connectivity index (χ1) is 15.5. The van der Waals surface area contributed by atoms with Crippen LogP contribution >= 0.6 is 0 Å². The molecule has 0 atom stereocenters. The van der Waals surface area contributed by atoms with Gasteiger partial charge in [0.05, 0.1) is 43.7 Å². The molecule has 170 valence electrons. The Morgan fingerprint density at radius 1 is 0.906 bits per heavy atom.